The van der Waals surface area contributed by atoms with E-state index in [2.05, 4.69) is 10.1 Å². The first kappa shape index (κ1) is 17.0. The van der Waals surface area contributed by atoms with Crippen LogP contribution in [0.4, 0.5) is 9.18 Å². The minimum Gasteiger partial charge on any atom is -0.444 e. The van der Waals surface area contributed by atoms with Crippen LogP contribution in [0.3, 0.4) is 0 Å². The van der Waals surface area contributed by atoms with Crippen molar-refractivity contribution < 1.29 is 13.9 Å². The number of carbonyl (C=O) groups excluding carboxylic acids is 1. The van der Waals surface area contributed by atoms with Gasteiger partial charge in [-0.15, -0.1) is 5.10 Å². The Kier molecular flexibility index (Phi) is 4.38. The zero-order valence-electron chi connectivity index (χ0n) is 13.9. The number of likely N-dealkylation sites (tertiary alicyclic amines) is 1. The van der Waals surface area contributed by atoms with Crippen LogP contribution in [0.5, 0.6) is 0 Å². The summed E-state index contributed by atoms with van der Waals surface area (Å²) in [6, 6.07) is 2.92. The normalized spacial score (nSPS) is 18.9. The molecule has 2 aromatic heterocycles. The Balaban J connectivity index is 1.81. The molecule has 0 N–H and O–H groups in total. The van der Waals surface area contributed by atoms with Crippen LogP contribution in [0, 0.1) is 5.95 Å². The van der Waals surface area contributed by atoms with E-state index in [-0.39, 0.29) is 12.0 Å². The molecule has 1 fully saturated rings. The number of aromatic nitrogens is 3. The smallest absolute Gasteiger partial charge is 0.410 e. The summed E-state index contributed by atoms with van der Waals surface area (Å²) in [6.45, 7) is 6.69. The molecule has 0 aliphatic carbocycles. The maximum atomic E-state index is 13.3. The maximum Gasteiger partial charge on any atom is 0.410 e. The van der Waals surface area contributed by atoms with Crippen LogP contribution in [0.1, 0.15) is 45.2 Å². The van der Waals surface area contributed by atoms with Gasteiger partial charge in [-0.1, -0.05) is 11.6 Å². The van der Waals surface area contributed by atoms with Crippen LogP contribution >= 0.6 is 11.6 Å². The van der Waals surface area contributed by atoms with Gasteiger partial charge < -0.3 is 9.64 Å². The van der Waals surface area contributed by atoms with Gasteiger partial charge in [0, 0.05) is 25.1 Å². The standard InChI is InChI=1S/C16H20ClFN4O2/c1-16(2,3)24-15(23)21-6-4-5-10(9-21)11-7-12(17)22-14(19-11)8-13(18)20-22/h7-8,10H,4-6,9H2,1-3H3. The van der Waals surface area contributed by atoms with Crippen molar-refractivity contribution in [3.05, 3.63) is 28.9 Å². The molecule has 0 bridgehead atoms. The summed E-state index contributed by atoms with van der Waals surface area (Å²) in [5.74, 6) is -0.590. The molecule has 0 aromatic carbocycles. The Morgan fingerprint density at radius 1 is 1.42 bits per heavy atom. The SMILES string of the molecule is CC(C)(C)OC(=O)N1CCCC(c2cc(Cl)n3nc(F)cc3n2)C1. The highest BCUT2D eigenvalue weighted by molar-refractivity contribution is 6.29. The molecule has 0 saturated carbocycles. The molecule has 6 nitrogen and oxygen atoms in total. The van der Waals surface area contributed by atoms with Crippen LogP contribution < -0.4 is 0 Å². The van der Waals surface area contributed by atoms with E-state index >= 15 is 0 Å². The van der Waals surface area contributed by atoms with E-state index in [0.717, 1.165) is 18.5 Å². The zero-order valence-corrected chi connectivity index (χ0v) is 14.7. The minimum atomic E-state index is -0.624. The number of halogens is 2. The van der Waals surface area contributed by atoms with Gasteiger partial charge in [-0.05, 0) is 39.7 Å². The molecule has 1 aliphatic rings. The molecule has 0 radical (unpaired) electrons. The van der Waals surface area contributed by atoms with E-state index in [0.29, 0.717) is 23.9 Å². The van der Waals surface area contributed by atoms with Gasteiger partial charge >= 0.3 is 6.09 Å². The van der Waals surface area contributed by atoms with Gasteiger partial charge in [0.25, 0.3) is 0 Å². The van der Waals surface area contributed by atoms with E-state index in [1.54, 1.807) is 11.0 Å². The molecule has 1 amide bonds. The topological polar surface area (TPSA) is 59.7 Å². The summed E-state index contributed by atoms with van der Waals surface area (Å²) in [7, 11) is 0. The fraction of sp³-hybridized carbons (Fsp3) is 0.562. The van der Waals surface area contributed by atoms with E-state index in [4.69, 9.17) is 16.3 Å². The number of nitrogens with zero attached hydrogens (tertiary/aromatic N) is 4. The van der Waals surface area contributed by atoms with Crippen LogP contribution in [-0.4, -0.2) is 44.3 Å². The van der Waals surface area contributed by atoms with Crippen molar-refractivity contribution in [3.8, 4) is 0 Å². The molecule has 1 aliphatic heterocycles. The second-order valence-electron chi connectivity index (χ2n) is 7.01. The van der Waals surface area contributed by atoms with Crippen molar-refractivity contribution in [2.45, 2.75) is 45.1 Å². The third-order valence-electron chi connectivity index (χ3n) is 3.87. The van der Waals surface area contributed by atoms with Gasteiger partial charge in [0.15, 0.2) is 5.65 Å². The van der Waals surface area contributed by atoms with Crippen LogP contribution in [0.15, 0.2) is 12.1 Å². The van der Waals surface area contributed by atoms with E-state index in [9.17, 15) is 9.18 Å². The molecule has 1 unspecified atom stereocenters. The van der Waals surface area contributed by atoms with Crippen LogP contribution in [0.2, 0.25) is 5.15 Å². The van der Waals surface area contributed by atoms with Crippen molar-refractivity contribution in [1.82, 2.24) is 19.5 Å². The van der Waals surface area contributed by atoms with Gasteiger partial charge in [-0.25, -0.2) is 14.3 Å². The number of rotatable bonds is 1. The van der Waals surface area contributed by atoms with Gasteiger partial charge in [-0.3, -0.25) is 0 Å². The van der Waals surface area contributed by atoms with Crippen LogP contribution in [0.25, 0.3) is 5.65 Å². The summed E-state index contributed by atoms with van der Waals surface area (Å²) in [4.78, 5) is 18.4. The second kappa shape index (κ2) is 6.20. The second-order valence-corrected chi connectivity index (χ2v) is 7.39. The molecule has 1 saturated heterocycles. The minimum absolute atomic E-state index is 0.0340. The largest absolute Gasteiger partial charge is 0.444 e. The summed E-state index contributed by atoms with van der Waals surface area (Å²) in [5.41, 5.74) is 0.574. The lowest BCUT2D eigenvalue weighted by Gasteiger charge is -2.34. The van der Waals surface area contributed by atoms with Crippen molar-refractivity contribution in [2.75, 3.05) is 13.1 Å². The molecule has 3 heterocycles. The Hall–Kier alpha value is -1.89. The number of ether oxygens (including phenoxy) is 1. The third kappa shape index (κ3) is 3.61. The molecule has 130 valence electrons. The molecular weight excluding hydrogens is 335 g/mol. The third-order valence-corrected chi connectivity index (χ3v) is 4.13. The zero-order chi connectivity index (χ0) is 17.5. The van der Waals surface area contributed by atoms with Gasteiger partial charge in [-0.2, -0.15) is 4.39 Å². The fourth-order valence-corrected chi connectivity index (χ4v) is 3.08. The Labute approximate surface area is 144 Å². The molecule has 24 heavy (non-hydrogen) atoms. The predicted molar refractivity (Wildman–Crippen MR) is 87.7 cm³/mol. The van der Waals surface area contributed by atoms with Crippen molar-refractivity contribution >= 4 is 23.3 Å². The van der Waals surface area contributed by atoms with Gasteiger partial charge in [0.05, 0.1) is 5.69 Å². The molecule has 3 rings (SSSR count). The van der Waals surface area contributed by atoms with E-state index < -0.39 is 11.5 Å². The molecular formula is C16H20ClFN4O2. The van der Waals surface area contributed by atoms with Gasteiger partial charge in [0.1, 0.15) is 10.8 Å². The lowest BCUT2D eigenvalue weighted by molar-refractivity contribution is 0.0197. The quantitative estimate of drug-likeness (QED) is 0.734. The lowest BCUT2D eigenvalue weighted by atomic mass is 9.95. The fourth-order valence-electron chi connectivity index (χ4n) is 2.85. The summed E-state index contributed by atoms with van der Waals surface area (Å²) in [5, 5.41) is 3.95. The number of hydrogen-bond donors (Lipinski definition) is 0. The Morgan fingerprint density at radius 3 is 2.88 bits per heavy atom. The number of amides is 1. The molecule has 0 spiro atoms. The first-order chi connectivity index (χ1) is 11.2. The van der Waals surface area contributed by atoms with Crippen molar-refractivity contribution in [2.24, 2.45) is 0 Å². The van der Waals surface area contributed by atoms with Crippen molar-refractivity contribution in [3.63, 3.8) is 0 Å². The average Bonchev–Trinajstić information content (AvgIpc) is 2.86. The first-order valence-electron chi connectivity index (χ1n) is 7.92. The van der Waals surface area contributed by atoms with Crippen LogP contribution in [-0.2, 0) is 4.74 Å². The highest BCUT2D eigenvalue weighted by atomic mass is 35.5. The highest BCUT2D eigenvalue weighted by Crippen LogP contribution is 2.28. The average molecular weight is 355 g/mol. The number of piperidine rings is 1. The van der Waals surface area contributed by atoms with Gasteiger partial charge in [0.2, 0.25) is 5.95 Å². The number of carbonyl (C=O) groups is 1. The van der Waals surface area contributed by atoms with E-state index in [1.807, 2.05) is 20.8 Å². The summed E-state index contributed by atoms with van der Waals surface area (Å²) < 4.78 is 20.0. The number of hydrogen-bond acceptors (Lipinski definition) is 4. The molecule has 2 aromatic rings. The van der Waals surface area contributed by atoms with E-state index in [1.165, 1.54) is 10.6 Å². The van der Waals surface area contributed by atoms with Crippen molar-refractivity contribution in [1.29, 1.82) is 0 Å². The Bertz CT molecular complexity index is 771. The first-order valence-corrected chi connectivity index (χ1v) is 8.30. The predicted octanol–water partition coefficient (Wildman–Crippen LogP) is 3.64. The molecule has 8 heteroatoms. The lowest BCUT2D eigenvalue weighted by Crippen LogP contribution is -2.42. The summed E-state index contributed by atoms with van der Waals surface area (Å²) in [6.07, 6.45) is 1.41. The Morgan fingerprint density at radius 2 is 2.17 bits per heavy atom. The molecule has 1 atom stereocenters. The number of fused-ring (bicyclic) bond motifs is 1. The summed E-state index contributed by atoms with van der Waals surface area (Å²) >= 11 is 6.17. The monoisotopic (exact) mass is 354 g/mol. The maximum absolute atomic E-state index is 13.3. The highest BCUT2D eigenvalue weighted by Gasteiger charge is 2.29.